The molecule has 0 radical (unpaired) electrons. The van der Waals surface area contributed by atoms with Gasteiger partial charge in [0.25, 0.3) is 0 Å². The molecular formula is C24H37O6P. The molecule has 7 heteroatoms. The molecule has 1 aromatic rings. The summed E-state index contributed by atoms with van der Waals surface area (Å²) in [5.41, 5.74) is 0.276. The first-order chi connectivity index (χ1) is 14.5. The van der Waals surface area contributed by atoms with Gasteiger partial charge in [0.05, 0.1) is 20.8 Å². The Morgan fingerprint density at radius 3 is 2.10 bits per heavy atom. The zero-order valence-electron chi connectivity index (χ0n) is 19.9. The van der Waals surface area contributed by atoms with Gasteiger partial charge in [-0.05, 0) is 42.7 Å². The van der Waals surface area contributed by atoms with Crippen LogP contribution in [-0.2, 0) is 14.1 Å². The molecule has 0 aliphatic rings. The van der Waals surface area contributed by atoms with E-state index in [1.165, 1.54) is 14.2 Å². The van der Waals surface area contributed by atoms with Gasteiger partial charge in [0, 0.05) is 6.42 Å². The van der Waals surface area contributed by atoms with E-state index in [-0.39, 0.29) is 42.1 Å². The van der Waals surface area contributed by atoms with E-state index in [1.807, 2.05) is 13.8 Å². The molecule has 0 fully saturated rings. The highest BCUT2D eigenvalue weighted by Crippen LogP contribution is 2.41. The molecule has 0 amide bonds. The molecule has 2 atom stereocenters. The number of methoxy groups -OCH3 is 2. The largest absolute Gasteiger partial charge is 0.496 e. The average Bonchev–Trinajstić information content (AvgIpc) is 2.70. The third-order valence-corrected chi connectivity index (χ3v) is 5.97. The van der Waals surface area contributed by atoms with Crippen LogP contribution in [0, 0.1) is 11.3 Å². The topological polar surface area (TPSA) is 78.9 Å². The van der Waals surface area contributed by atoms with Crippen LogP contribution in [0.1, 0.15) is 77.1 Å². The van der Waals surface area contributed by atoms with E-state index in [4.69, 9.17) is 14.2 Å². The molecule has 0 aliphatic heterocycles. The SMILES string of the molecule is CCCCOC(=O)C(CC(=O)c1c(OC)cccc1OC)(CC(C)CC(C)(C)C)P=O. The van der Waals surface area contributed by atoms with Crippen LogP contribution in [0.2, 0.25) is 0 Å². The van der Waals surface area contributed by atoms with Crippen LogP contribution in [0.3, 0.4) is 0 Å². The second kappa shape index (κ2) is 12.2. The first kappa shape index (κ1) is 27.1. The maximum absolute atomic E-state index is 13.4. The zero-order valence-corrected chi connectivity index (χ0v) is 20.8. The van der Waals surface area contributed by atoms with Gasteiger partial charge in [0.1, 0.15) is 17.1 Å². The number of hydrogen-bond acceptors (Lipinski definition) is 6. The van der Waals surface area contributed by atoms with Crippen LogP contribution in [0.25, 0.3) is 0 Å². The van der Waals surface area contributed by atoms with Gasteiger partial charge in [0.2, 0.25) is 0 Å². The molecule has 2 unspecified atom stereocenters. The number of unbranched alkanes of at least 4 members (excludes halogenated alkanes) is 1. The van der Waals surface area contributed by atoms with Crippen LogP contribution in [-0.4, -0.2) is 37.7 Å². The van der Waals surface area contributed by atoms with E-state index >= 15 is 0 Å². The van der Waals surface area contributed by atoms with E-state index in [9.17, 15) is 14.2 Å². The molecule has 0 bridgehead atoms. The number of rotatable bonds is 13. The fraction of sp³-hybridized carbons (Fsp3) is 0.667. The summed E-state index contributed by atoms with van der Waals surface area (Å²) in [5, 5.41) is -1.46. The van der Waals surface area contributed by atoms with Crippen molar-refractivity contribution >= 4 is 20.2 Å². The quantitative estimate of drug-likeness (QED) is 0.155. The van der Waals surface area contributed by atoms with E-state index in [1.54, 1.807) is 18.2 Å². The highest BCUT2D eigenvalue weighted by Gasteiger charge is 2.45. The molecule has 0 N–H and O–H groups in total. The Balaban J connectivity index is 3.31. The normalized spacial score (nSPS) is 14.5. The van der Waals surface area contributed by atoms with E-state index in [0.29, 0.717) is 17.9 Å². The van der Waals surface area contributed by atoms with Gasteiger partial charge < -0.3 is 14.2 Å². The molecule has 0 aromatic heterocycles. The molecule has 1 aromatic carbocycles. The van der Waals surface area contributed by atoms with Crippen molar-refractivity contribution in [2.24, 2.45) is 11.3 Å². The summed E-state index contributed by atoms with van der Waals surface area (Å²) < 4.78 is 28.6. The van der Waals surface area contributed by atoms with Crippen molar-refractivity contribution in [3.8, 4) is 11.5 Å². The van der Waals surface area contributed by atoms with Gasteiger partial charge in [-0.15, -0.1) is 0 Å². The molecule has 0 aliphatic carbocycles. The standard InChI is InChI=1S/C24H37O6P/c1-8-9-13-30-22(26)24(31-27,15-17(2)14-23(3,4)5)16-18(25)21-19(28-6)11-10-12-20(21)29-7/h10-12,17H,8-9,13-16H2,1-7H3. The molecule has 0 heterocycles. The van der Waals surface area contributed by atoms with Crippen molar-refractivity contribution in [2.75, 3.05) is 20.8 Å². The highest BCUT2D eigenvalue weighted by molar-refractivity contribution is 7.28. The summed E-state index contributed by atoms with van der Waals surface area (Å²) in [5.74, 6) is -0.202. The Hall–Kier alpha value is -1.94. The first-order valence-electron chi connectivity index (χ1n) is 10.8. The minimum Gasteiger partial charge on any atom is -0.496 e. The van der Waals surface area contributed by atoms with Crippen molar-refractivity contribution in [3.05, 3.63) is 23.8 Å². The lowest BCUT2D eigenvalue weighted by Gasteiger charge is -2.30. The number of ketones is 1. The minimum atomic E-state index is -1.46. The third-order valence-electron chi connectivity index (χ3n) is 5.09. The van der Waals surface area contributed by atoms with Crippen molar-refractivity contribution in [1.29, 1.82) is 0 Å². The van der Waals surface area contributed by atoms with Crippen LogP contribution < -0.4 is 9.47 Å². The van der Waals surface area contributed by atoms with Gasteiger partial charge >= 0.3 is 5.97 Å². The molecule has 31 heavy (non-hydrogen) atoms. The van der Waals surface area contributed by atoms with E-state index in [2.05, 4.69) is 20.8 Å². The number of carbonyl (C=O) groups excluding carboxylic acids is 2. The van der Waals surface area contributed by atoms with Gasteiger partial charge in [-0.1, -0.05) is 47.1 Å². The molecule has 0 saturated carbocycles. The minimum absolute atomic E-state index is 0.0346. The summed E-state index contributed by atoms with van der Waals surface area (Å²) in [7, 11) is 2.51. The number of benzene rings is 1. The Morgan fingerprint density at radius 2 is 1.65 bits per heavy atom. The fourth-order valence-electron chi connectivity index (χ4n) is 3.95. The van der Waals surface area contributed by atoms with Crippen LogP contribution in [0.4, 0.5) is 0 Å². The lowest BCUT2D eigenvalue weighted by atomic mass is 9.80. The summed E-state index contributed by atoms with van der Waals surface area (Å²) in [6.07, 6.45) is 2.42. The second-order valence-corrected chi connectivity index (χ2v) is 10.4. The highest BCUT2D eigenvalue weighted by atomic mass is 31.1. The summed E-state index contributed by atoms with van der Waals surface area (Å²) in [6, 6.07) is 5.04. The van der Waals surface area contributed by atoms with Crippen molar-refractivity contribution in [3.63, 3.8) is 0 Å². The molecule has 0 spiro atoms. The van der Waals surface area contributed by atoms with Gasteiger partial charge in [-0.2, -0.15) is 0 Å². The van der Waals surface area contributed by atoms with Crippen LogP contribution in [0.15, 0.2) is 18.2 Å². The number of hydrogen-bond donors (Lipinski definition) is 0. The van der Waals surface area contributed by atoms with Crippen LogP contribution >= 0.6 is 8.46 Å². The predicted octanol–water partition coefficient (Wildman–Crippen LogP) is 6.11. The maximum atomic E-state index is 13.4. The monoisotopic (exact) mass is 452 g/mol. The third kappa shape index (κ3) is 7.92. The predicted molar refractivity (Wildman–Crippen MR) is 123 cm³/mol. The summed E-state index contributed by atoms with van der Waals surface area (Å²) in [4.78, 5) is 26.5. The smallest absolute Gasteiger partial charge is 0.324 e. The average molecular weight is 453 g/mol. The Bertz CT molecular complexity index is 733. The second-order valence-electron chi connectivity index (χ2n) is 9.32. The number of carbonyl (C=O) groups is 2. The van der Waals surface area contributed by atoms with E-state index < -0.39 is 19.6 Å². The maximum Gasteiger partial charge on any atom is 0.324 e. The molecule has 1 rings (SSSR count). The number of Topliss-reactive ketones (excluding diaryl/α,β-unsaturated/α-hetero) is 1. The zero-order chi connectivity index (χ0) is 23.7. The van der Waals surface area contributed by atoms with Crippen molar-refractivity contribution < 1.29 is 28.4 Å². The lowest BCUT2D eigenvalue weighted by Crippen LogP contribution is -2.39. The number of esters is 1. The number of ether oxygens (including phenoxy) is 3. The lowest BCUT2D eigenvalue weighted by molar-refractivity contribution is -0.147. The van der Waals surface area contributed by atoms with Crippen molar-refractivity contribution in [2.45, 2.75) is 71.9 Å². The van der Waals surface area contributed by atoms with Gasteiger partial charge in [-0.3, -0.25) is 14.2 Å². The van der Waals surface area contributed by atoms with Crippen molar-refractivity contribution in [1.82, 2.24) is 0 Å². The molecule has 174 valence electrons. The Kier molecular flexibility index (Phi) is 10.7. The van der Waals surface area contributed by atoms with Gasteiger partial charge in [0.15, 0.2) is 19.4 Å². The summed E-state index contributed by atoms with van der Waals surface area (Å²) in [6.45, 7) is 10.6. The summed E-state index contributed by atoms with van der Waals surface area (Å²) >= 11 is 0. The van der Waals surface area contributed by atoms with Crippen LogP contribution in [0.5, 0.6) is 11.5 Å². The Labute approximate surface area is 188 Å². The Morgan fingerprint density at radius 1 is 1.06 bits per heavy atom. The van der Waals surface area contributed by atoms with Gasteiger partial charge in [-0.25, -0.2) is 0 Å². The van der Waals surface area contributed by atoms with E-state index in [0.717, 1.165) is 12.8 Å². The molecular weight excluding hydrogens is 415 g/mol. The molecule has 6 nitrogen and oxygen atoms in total. The first-order valence-corrected chi connectivity index (χ1v) is 11.6. The molecule has 0 saturated heterocycles. The fourth-order valence-corrected chi connectivity index (χ4v) is 4.69.